The third-order valence-corrected chi connectivity index (χ3v) is 3.89. The molecule has 0 spiro atoms. The number of aromatic nitrogens is 5. The number of likely N-dealkylation sites (tertiary alicyclic amines) is 1. The van der Waals surface area contributed by atoms with E-state index in [1.807, 2.05) is 6.08 Å². The molecule has 3 heterocycles. The van der Waals surface area contributed by atoms with E-state index in [-0.39, 0.29) is 5.91 Å². The number of carbonyl (C=O) groups is 1. The fourth-order valence-electron chi connectivity index (χ4n) is 2.61. The number of hydrogen-bond acceptors (Lipinski definition) is 6. The number of rotatable bonds is 6. The van der Waals surface area contributed by atoms with Gasteiger partial charge in [-0.25, -0.2) is 4.79 Å². The maximum atomic E-state index is 12.3. The SMILES string of the molecule is C=CC1CCN(C(=O)c2cn(CCCc3noc(=O)[nH]3)nn2)C1. The lowest BCUT2D eigenvalue weighted by atomic mass is 10.1. The van der Waals surface area contributed by atoms with Crippen molar-refractivity contribution in [3.05, 3.63) is 40.9 Å². The van der Waals surface area contributed by atoms with Crippen LogP contribution in [-0.4, -0.2) is 49.0 Å². The number of hydrogen-bond donors (Lipinski definition) is 1. The molecule has 0 aromatic carbocycles. The number of aryl methyl sites for hydroxylation is 2. The molecule has 1 saturated heterocycles. The van der Waals surface area contributed by atoms with Gasteiger partial charge in [-0.2, -0.15) is 0 Å². The van der Waals surface area contributed by atoms with Crippen molar-refractivity contribution < 1.29 is 9.32 Å². The molecule has 1 unspecified atom stereocenters. The van der Waals surface area contributed by atoms with Gasteiger partial charge in [0, 0.05) is 26.1 Å². The zero-order chi connectivity index (χ0) is 16.2. The maximum Gasteiger partial charge on any atom is 0.438 e. The monoisotopic (exact) mass is 318 g/mol. The van der Waals surface area contributed by atoms with Gasteiger partial charge < -0.3 is 4.90 Å². The van der Waals surface area contributed by atoms with Crippen molar-refractivity contribution in [1.29, 1.82) is 0 Å². The maximum absolute atomic E-state index is 12.3. The molecule has 1 N–H and O–H groups in total. The third kappa shape index (κ3) is 3.55. The molecule has 1 aliphatic heterocycles. The van der Waals surface area contributed by atoms with Gasteiger partial charge in [0.25, 0.3) is 5.91 Å². The number of H-pyrrole nitrogens is 1. The Labute approximate surface area is 132 Å². The summed E-state index contributed by atoms with van der Waals surface area (Å²) in [5.41, 5.74) is 0.351. The molecule has 1 atom stereocenters. The van der Waals surface area contributed by atoms with Crippen LogP contribution in [0.3, 0.4) is 0 Å². The third-order valence-electron chi connectivity index (χ3n) is 3.89. The average molecular weight is 318 g/mol. The summed E-state index contributed by atoms with van der Waals surface area (Å²) in [7, 11) is 0. The van der Waals surface area contributed by atoms with E-state index in [1.54, 1.807) is 15.8 Å². The summed E-state index contributed by atoms with van der Waals surface area (Å²) in [4.78, 5) is 27.4. The fourth-order valence-corrected chi connectivity index (χ4v) is 2.61. The van der Waals surface area contributed by atoms with Crippen molar-refractivity contribution in [3.63, 3.8) is 0 Å². The van der Waals surface area contributed by atoms with Crippen LogP contribution in [-0.2, 0) is 13.0 Å². The number of carbonyl (C=O) groups excluding carboxylic acids is 1. The second kappa shape index (κ2) is 6.59. The summed E-state index contributed by atoms with van der Waals surface area (Å²) < 4.78 is 6.04. The minimum absolute atomic E-state index is 0.0959. The lowest BCUT2D eigenvalue weighted by molar-refractivity contribution is 0.0783. The first-order chi connectivity index (χ1) is 11.2. The summed E-state index contributed by atoms with van der Waals surface area (Å²) >= 11 is 0. The van der Waals surface area contributed by atoms with E-state index in [1.165, 1.54) is 0 Å². The average Bonchev–Trinajstić information content (AvgIpc) is 3.27. The first-order valence-electron chi connectivity index (χ1n) is 7.52. The van der Waals surface area contributed by atoms with Crippen LogP contribution < -0.4 is 5.76 Å². The van der Waals surface area contributed by atoms with Crippen LogP contribution >= 0.6 is 0 Å². The van der Waals surface area contributed by atoms with Crippen LogP contribution in [0.25, 0.3) is 0 Å². The van der Waals surface area contributed by atoms with E-state index in [0.29, 0.717) is 43.4 Å². The molecule has 0 aliphatic carbocycles. The number of amides is 1. The minimum Gasteiger partial charge on any atom is -0.337 e. The van der Waals surface area contributed by atoms with Crippen LogP contribution in [0.5, 0.6) is 0 Å². The highest BCUT2D eigenvalue weighted by Crippen LogP contribution is 2.18. The largest absolute Gasteiger partial charge is 0.438 e. The molecule has 2 aromatic heterocycles. The van der Waals surface area contributed by atoms with E-state index < -0.39 is 5.76 Å². The van der Waals surface area contributed by atoms with Crippen molar-refractivity contribution in [2.24, 2.45) is 5.92 Å². The molecule has 9 nitrogen and oxygen atoms in total. The topological polar surface area (TPSA) is 110 Å². The van der Waals surface area contributed by atoms with Crippen molar-refractivity contribution in [3.8, 4) is 0 Å². The summed E-state index contributed by atoms with van der Waals surface area (Å²) in [6.07, 6.45) is 5.73. The van der Waals surface area contributed by atoms with Crippen LogP contribution in [0.15, 0.2) is 28.2 Å². The van der Waals surface area contributed by atoms with Gasteiger partial charge in [-0.1, -0.05) is 16.4 Å². The standard InChI is InChI=1S/C14H18N6O3/c1-2-10-5-7-19(8-10)13(21)11-9-20(18-16-11)6-3-4-12-15-14(22)23-17-12/h2,9-10H,1,3-8H2,(H,15,17,22). The second-order valence-electron chi connectivity index (χ2n) is 5.55. The number of nitrogens with zero attached hydrogens (tertiary/aromatic N) is 5. The van der Waals surface area contributed by atoms with Gasteiger partial charge in [0.1, 0.15) is 0 Å². The number of nitrogens with one attached hydrogen (secondary N) is 1. The van der Waals surface area contributed by atoms with E-state index in [0.717, 1.165) is 13.0 Å². The Kier molecular flexibility index (Phi) is 4.35. The Bertz CT molecular complexity index is 746. The Morgan fingerprint density at radius 2 is 2.43 bits per heavy atom. The quantitative estimate of drug-likeness (QED) is 0.764. The Hall–Kier alpha value is -2.71. The van der Waals surface area contributed by atoms with Crippen molar-refractivity contribution in [2.45, 2.75) is 25.8 Å². The predicted octanol–water partition coefficient (Wildman–Crippen LogP) is 0.235. The highest BCUT2D eigenvalue weighted by Gasteiger charge is 2.26. The van der Waals surface area contributed by atoms with E-state index in [4.69, 9.17) is 0 Å². The molecule has 0 saturated carbocycles. The molecule has 0 radical (unpaired) electrons. The Balaban J connectivity index is 1.52. The molecule has 1 aliphatic rings. The predicted molar refractivity (Wildman–Crippen MR) is 79.7 cm³/mol. The van der Waals surface area contributed by atoms with E-state index >= 15 is 0 Å². The van der Waals surface area contributed by atoms with Crippen LogP contribution in [0.4, 0.5) is 0 Å². The van der Waals surface area contributed by atoms with E-state index in [2.05, 4.69) is 31.6 Å². The lowest BCUT2D eigenvalue weighted by Crippen LogP contribution is -2.28. The molecule has 9 heteroatoms. The Morgan fingerprint density at radius 1 is 1.57 bits per heavy atom. The summed E-state index contributed by atoms with van der Waals surface area (Å²) in [6, 6.07) is 0. The summed E-state index contributed by atoms with van der Waals surface area (Å²) in [5, 5.41) is 11.5. The van der Waals surface area contributed by atoms with Crippen LogP contribution in [0.1, 0.15) is 29.2 Å². The fraction of sp³-hybridized carbons (Fsp3) is 0.500. The molecule has 0 bridgehead atoms. The highest BCUT2D eigenvalue weighted by molar-refractivity contribution is 5.92. The molecule has 2 aromatic rings. The first kappa shape index (κ1) is 15.2. The zero-order valence-corrected chi connectivity index (χ0v) is 12.6. The van der Waals surface area contributed by atoms with Gasteiger partial charge >= 0.3 is 5.76 Å². The van der Waals surface area contributed by atoms with Crippen LogP contribution in [0, 0.1) is 5.92 Å². The van der Waals surface area contributed by atoms with Crippen molar-refractivity contribution >= 4 is 5.91 Å². The Morgan fingerprint density at radius 3 is 3.13 bits per heavy atom. The van der Waals surface area contributed by atoms with Crippen molar-refractivity contribution in [1.82, 2.24) is 30.0 Å². The van der Waals surface area contributed by atoms with Gasteiger partial charge in [0.2, 0.25) is 0 Å². The first-order valence-corrected chi connectivity index (χ1v) is 7.52. The molecule has 122 valence electrons. The van der Waals surface area contributed by atoms with Crippen molar-refractivity contribution in [2.75, 3.05) is 13.1 Å². The van der Waals surface area contributed by atoms with Crippen LogP contribution in [0.2, 0.25) is 0 Å². The lowest BCUT2D eigenvalue weighted by Gasteiger charge is -2.13. The molecule has 3 rings (SSSR count). The highest BCUT2D eigenvalue weighted by atomic mass is 16.5. The van der Waals surface area contributed by atoms with E-state index in [9.17, 15) is 9.59 Å². The second-order valence-corrected chi connectivity index (χ2v) is 5.55. The van der Waals surface area contributed by atoms with Gasteiger partial charge in [-0.15, -0.1) is 11.7 Å². The minimum atomic E-state index is -0.558. The van der Waals surface area contributed by atoms with Gasteiger partial charge in [-0.05, 0) is 18.8 Å². The zero-order valence-electron chi connectivity index (χ0n) is 12.6. The van der Waals surface area contributed by atoms with Gasteiger partial charge in [0.15, 0.2) is 11.5 Å². The van der Waals surface area contributed by atoms with Gasteiger partial charge in [-0.3, -0.25) is 19.0 Å². The normalized spacial score (nSPS) is 17.6. The summed E-state index contributed by atoms with van der Waals surface area (Å²) in [6.45, 7) is 5.76. The molecular formula is C14H18N6O3. The number of aromatic amines is 1. The molecule has 1 fully saturated rings. The molecule has 23 heavy (non-hydrogen) atoms. The smallest absolute Gasteiger partial charge is 0.337 e. The molecular weight excluding hydrogens is 300 g/mol. The molecule has 1 amide bonds. The summed E-state index contributed by atoms with van der Waals surface area (Å²) in [5.74, 6) is 0.205. The van der Waals surface area contributed by atoms with Gasteiger partial charge in [0.05, 0.1) is 6.20 Å².